The number of para-hydroxylation sites is 1. The molecule has 0 bridgehead atoms. The van der Waals surface area contributed by atoms with E-state index < -0.39 is 0 Å². The van der Waals surface area contributed by atoms with Gasteiger partial charge in [-0.3, -0.25) is 9.69 Å². The fourth-order valence-electron chi connectivity index (χ4n) is 3.83. The molecule has 0 radical (unpaired) electrons. The number of halogens is 1. The number of methoxy groups -OCH3 is 1. The highest BCUT2D eigenvalue weighted by molar-refractivity contribution is 5.94. The van der Waals surface area contributed by atoms with E-state index in [-0.39, 0.29) is 18.3 Å². The molecule has 2 heterocycles. The van der Waals surface area contributed by atoms with Gasteiger partial charge in [-0.15, -0.1) is 12.4 Å². The van der Waals surface area contributed by atoms with Crippen molar-refractivity contribution in [1.82, 2.24) is 9.80 Å². The molecular formula is C21H26ClN3O2. The van der Waals surface area contributed by atoms with Crippen molar-refractivity contribution in [1.29, 1.82) is 0 Å². The van der Waals surface area contributed by atoms with Gasteiger partial charge in [0.15, 0.2) is 0 Å². The van der Waals surface area contributed by atoms with Gasteiger partial charge in [0.05, 0.1) is 7.11 Å². The third-order valence-corrected chi connectivity index (χ3v) is 5.30. The van der Waals surface area contributed by atoms with Crippen LogP contribution in [0, 0.1) is 0 Å². The Labute approximate surface area is 166 Å². The first-order valence-corrected chi connectivity index (χ1v) is 9.25. The van der Waals surface area contributed by atoms with Crippen molar-refractivity contribution in [2.24, 2.45) is 0 Å². The summed E-state index contributed by atoms with van der Waals surface area (Å²) in [6.45, 7) is 5.31. The molecule has 2 aromatic carbocycles. The van der Waals surface area contributed by atoms with Gasteiger partial charge >= 0.3 is 0 Å². The van der Waals surface area contributed by atoms with E-state index in [2.05, 4.69) is 28.4 Å². The minimum atomic E-state index is 0. The van der Waals surface area contributed by atoms with Gasteiger partial charge in [-0.2, -0.15) is 0 Å². The Kier molecular flexibility index (Phi) is 6.24. The molecular weight excluding hydrogens is 362 g/mol. The number of carbonyl (C=O) groups excluding carboxylic acids is 1. The zero-order valence-corrected chi connectivity index (χ0v) is 16.4. The molecule has 1 fully saturated rings. The van der Waals surface area contributed by atoms with Gasteiger partial charge in [0.25, 0.3) is 5.91 Å². The normalized spacial score (nSPS) is 16.3. The molecule has 27 heavy (non-hydrogen) atoms. The second-order valence-electron chi connectivity index (χ2n) is 6.93. The van der Waals surface area contributed by atoms with E-state index in [1.54, 1.807) is 7.11 Å². The molecule has 0 aliphatic carbocycles. The SMILES string of the molecule is COc1cccc(C(=O)N2CCN(Cc3cccc4c3NCC4)CC2)c1.Cl. The Morgan fingerprint density at radius 3 is 2.67 bits per heavy atom. The second-order valence-corrected chi connectivity index (χ2v) is 6.93. The molecule has 4 rings (SSSR count). The first-order valence-electron chi connectivity index (χ1n) is 9.25. The molecule has 2 aromatic rings. The molecule has 2 aliphatic rings. The number of nitrogens with one attached hydrogen (secondary N) is 1. The van der Waals surface area contributed by atoms with Crippen LogP contribution in [0.1, 0.15) is 21.5 Å². The summed E-state index contributed by atoms with van der Waals surface area (Å²) >= 11 is 0. The van der Waals surface area contributed by atoms with Crippen LogP contribution in [-0.2, 0) is 13.0 Å². The van der Waals surface area contributed by atoms with Gasteiger partial charge in [-0.25, -0.2) is 0 Å². The van der Waals surface area contributed by atoms with E-state index in [4.69, 9.17) is 4.74 Å². The van der Waals surface area contributed by atoms with Crippen molar-refractivity contribution in [3.8, 4) is 5.75 Å². The van der Waals surface area contributed by atoms with Crippen LogP contribution in [-0.4, -0.2) is 55.5 Å². The van der Waals surface area contributed by atoms with Crippen LogP contribution in [0.5, 0.6) is 5.75 Å². The maximum Gasteiger partial charge on any atom is 0.254 e. The number of amides is 1. The van der Waals surface area contributed by atoms with Crippen molar-refractivity contribution >= 4 is 24.0 Å². The quantitative estimate of drug-likeness (QED) is 0.875. The van der Waals surface area contributed by atoms with Crippen LogP contribution in [0.25, 0.3) is 0 Å². The van der Waals surface area contributed by atoms with Crippen LogP contribution in [0.4, 0.5) is 5.69 Å². The molecule has 0 aromatic heterocycles. The number of hydrogen-bond acceptors (Lipinski definition) is 4. The minimum Gasteiger partial charge on any atom is -0.497 e. The fourth-order valence-corrected chi connectivity index (χ4v) is 3.83. The Balaban J connectivity index is 0.00000210. The summed E-state index contributed by atoms with van der Waals surface area (Å²) in [6, 6.07) is 14.0. The molecule has 1 amide bonds. The van der Waals surface area contributed by atoms with E-state index in [0.29, 0.717) is 5.56 Å². The molecule has 144 valence electrons. The lowest BCUT2D eigenvalue weighted by molar-refractivity contribution is 0.0628. The van der Waals surface area contributed by atoms with Crippen LogP contribution >= 0.6 is 12.4 Å². The highest BCUT2D eigenvalue weighted by Gasteiger charge is 2.23. The number of benzene rings is 2. The number of ether oxygens (including phenoxy) is 1. The van der Waals surface area contributed by atoms with Crippen LogP contribution < -0.4 is 10.1 Å². The molecule has 1 saturated heterocycles. The van der Waals surface area contributed by atoms with E-state index >= 15 is 0 Å². The number of rotatable bonds is 4. The summed E-state index contributed by atoms with van der Waals surface area (Å²) in [4.78, 5) is 17.1. The average Bonchev–Trinajstić information content (AvgIpc) is 3.18. The lowest BCUT2D eigenvalue weighted by Crippen LogP contribution is -2.48. The summed E-state index contributed by atoms with van der Waals surface area (Å²) in [5, 5.41) is 3.51. The number of hydrogen-bond donors (Lipinski definition) is 1. The summed E-state index contributed by atoms with van der Waals surface area (Å²) in [5.74, 6) is 0.811. The maximum atomic E-state index is 12.7. The van der Waals surface area contributed by atoms with Gasteiger partial charge < -0.3 is 15.0 Å². The average molecular weight is 388 g/mol. The van der Waals surface area contributed by atoms with E-state index in [0.717, 1.165) is 51.4 Å². The molecule has 2 aliphatic heterocycles. The summed E-state index contributed by atoms with van der Waals surface area (Å²) in [5.41, 5.74) is 4.81. The number of anilines is 1. The molecule has 0 atom stereocenters. The lowest BCUT2D eigenvalue weighted by Gasteiger charge is -2.35. The first-order chi connectivity index (χ1) is 12.7. The largest absolute Gasteiger partial charge is 0.497 e. The van der Waals surface area contributed by atoms with E-state index in [1.165, 1.54) is 16.8 Å². The monoisotopic (exact) mass is 387 g/mol. The standard InChI is InChI=1S/C21H25N3O2.ClH/c1-26-19-7-3-5-17(14-19)21(25)24-12-10-23(11-13-24)15-18-6-2-4-16-8-9-22-20(16)18;/h2-7,14,22H,8-13,15H2,1H3;1H. The highest BCUT2D eigenvalue weighted by atomic mass is 35.5. The van der Waals surface area contributed by atoms with Gasteiger partial charge in [0.2, 0.25) is 0 Å². The summed E-state index contributed by atoms with van der Waals surface area (Å²) < 4.78 is 5.23. The van der Waals surface area contributed by atoms with Crippen LogP contribution in [0.2, 0.25) is 0 Å². The molecule has 0 spiro atoms. The maximum absolute atomic E-state index is 12.7. The van der Waals surface area contributed by atoms with Crippen molar-refractivity contribution in [2.45, 2.75) is 13.0 Å². The first kappa shape index (κ1) is 19.5. The Hall–Kier alpha value is -2.24. The number of carbonyl (C=O) groups is 1. The molecule has 5 nitrogen and oxygen atoms in total. The van der Waals surface area contributed by atoms with Gasteiger partial charge in [-0.05, 0) is 35.7 Å². The number of fused-ring (bicyclic) bond motifs is 1. The molecule has 0 unspecified atom stereocenters. The molecule has 0 saturated carbocycles. The van der Waals surface area contributed by atoms with Gasteiger partial charge in [0.1, 0.15) is 5.75 Å². The summed E-state index contributed by atoms with van der Waals surface area (Å²) in [7, 11) is 1.62. The highest BCUT2D eigenvalue weighted by Crippen LogP contribution is 2.27. The molecule has 6 heteroatoms. The number of piperazine rings is 1. The fraction of sp³-hybridized carbons (Fsp3) is 0.381. The zero-order chi connectivity index (χ0) is 17.9. The Bertz CT molecular complexity index is 804. The Morgan fingerprint density at radius 2 is 1.89 bits per heavy atom. The predicted octanol–water partition coefficient (Wildman–Crippen LogP) is 3.04. The number of nitrogens with zero attached hydrogens (tertiary/aromatic N) is 2. The van der Waals surface area contributed by atoms with E-state index in [9.17, 15) is 4.79 Å². The topological polar surface area (TPSA) is 44.8 Å². The molecule has 1 N–H and O–H groups in total. The van der Waals surface area contributed by atoms with Crippen molar-refractivity contribution in [3.05, 3.63) is 59.2 Å². The summed E-state index contributed by atoms with van der Waals surface area (Å²) in [6.07, 6.45) is 1.12. The van der Waals surface area contributed by atoms with Crippen molar-refractivity contribution in [2.75, 3.05) is 45.2 Å². The third kappa shape index (κ3) is 4.20. The predicted molar refractivity (Wildman–Crippen MR) is 110 cm³/mol. The Morgan fingerprint density at radius 1 is 1.11 bits per heavy atom. The van der Waals surface area contributed by atoms with Crippen molar-refractivity contribution in [3.63, 3.8) is 0 Å². The van der Waals surface area contributed by atoms with Crippen LogP contribution in [0.3, 0.4) is 0 Å². The minimum absolute atomic E-state index is 0. The van der Waals surface area contributed by atoms with E-state index in [1.807, 2.05) is 29.2 Å². The smallest absolute Gasteiger partial charge is 0.254 e. The second kappa shape index (κ2) is 8.63. The lowest BCUT2D eigenvalue weighted by atomic mass is 10.1. The third-order valence-electron chi connectivity index (χ3n) is 5.30. The van der Waals surface area contributed by atoms with Gasteiger partial charge in [0, 0.05) is 50.5 Å². The zero-order valence-electron chi connectivity index (χ0n) is 15.6. The van der Waals surface area contributed by atoms with Gasteiger partial charge in [-0.1, -0.05) is 24.3 Å². The van der Waals surface area contributed by atoms with Crippen LogP contribution in [0.15, 0.2) is 42.5 Å². The van der Waals surface area contributed by atoms with Crippen molar-refractivity contribution < 1.29 is 9.53 Å².